The Morgan fingerprint density at radius 3 is 2.25 bits per heavy atom. The number of aliphatic imine (C=N–C) groups is 1. The fraction of sp³-hybridized carbons (Fsp3) is 0.435. The summed E-state index contributed by atoms with van der Waals surface area (Å²) in [5.41, 5.74) is 8.68. The van der Waals surface area contributed by atoms with Gasteiger partial charge in [-0.3, -0.25) is 4.90 Å². The summed E-state index contributed by atoms with van der Waals surface area (Å²) in [6.45, 7) is 6.00. The minimum Gasteiger partial charge on any atom is -0.406 e. The lowest BCUT2D eigenvalue weighted by atomic mass is 10.1. The van der Waals surface area contributed by atoms with Gasteiger partial charge in [-0.25, -0.2) is 4.99 Å². The number of hydrogen-bond acceptors (Lipinski definition) is 4. The largest absolute Gasteiger partial charge is 0.573 e. The van der Waals surface area contributed by atoms with E-state index in [9.17, 15) is 13.2 Å². The van der Waals surface area contributed by atoms with Gasteiger partial charge in [-0.15, -0.1) is 13.2 Å². The summed E-state index contributed by atoms with van der Waals surface area (Å²) < 4.78 is 40.5. The highest BCUT2D eigenvalue weighted by atomic mass is 19.4. The second-order valence-corrected chi connectivity index (χ2v) is 8.30. The number of guanidine groups is 1. The smallest absolute Gasteiger partial charge is 0.406 e. The van der Waals surface area contributed by atoms with Crippen molar-refractivity contribution in [1.82, 2.24) is 4.90 Å². The predicted octanol–water partition coefficient (Wildman–Crippen LogP) is 4.04. The number of hydrogen-bond donors (Lipinski definition) is 2. The summed E-state index contributed by atoms with van der Waals surface area (Å²) in [6, 6.07) is 13.7. The average molecular weight is 448 g/mol. The predicted molar refractivity (Wildman–Crippen MR) is 120 cm³/mol. The van der Waals surface area contributed by atoms with Crippen LogP contribution in [0.3, 0.4) is 0 Å². The molecule has 172 valence electrons. The van der Waals surface area contributed by atoms with Crippen molar-refractivity contribution in [1.29, 1.82) is 0 Å². The standard InChI is InChI=1S/C23H28F3N5O/c24-23(25,26)32-21-9-5-19(6-10-21)29-22(27)28-15-17-3-7-20(8-4-17)31-13-11-30(12-14-31)16-18-1-2-18/h3-10,18H,1-2,11-16H2,(H3,27,28,29). The van der Waals surface area contributed by atoms with Crippen LogP contribution >= 0.6 is 0 Å². The van der Waals surface area contributed by atoms with Crippen molar-refractivity contribution < 1.29 is 17.9 Å². The van der Waals surface area contributed by atoms with Gasteiger partial charge >= 0.3 is 6.36 Å². The zero-order valence-corrected chi connectivity index (χ0v) is 17.8. The van der Waals surface area contributed by atoms with Crippen molar-refractivity contribution in [3.05, 3.63) is 54.1 Å². The average Bonchev–Trinajstić information content (AvgIpc) is 3.58. The molecule has 6 nitrogen and oxygen atoms in total. The van der Waals surface area contributed by atoms with Crippen molar-refractivity contribution in [2.45, 2.75) is 25.7 Å². The molecule has 0 bridgehead atoms. The molecule has 4 rings (SSSR count). The van der Waals surface area contributed by atoms with Crippen LogP contribution in [0.25, 0.3) is 0 Å². The molecule has 1 aliphatic carbocycles. The van der Waals surface area contributed by atoms with E-state index in [-0.39, 0.29) is 11.7 Å². The van der Waals surface area contributed by atoms with E-state index in [0.717, 1.165) is 37.7 Å². The summed E-state index contributed by atoms with van der Waals surface area (Å²) in [5, 5.41) is 2.87. The van der Waals surface area contributed by atoms with Gasteiger partial charge in [0.2, 0.25) is 0 Å². The molecule has 2 aromatic carbocycles. The van der Waals surface area contributed by atoms with Crippen LogP contribution in [0.2, 0.25) is 0 Å². The topological polar surface area (TPSA) is 66.1 Å². The van der Waals surface area contributed by atoms with Crippen molar-refractivity contribution in [3.63, 3.8) is 0 Å². The molecular formula is C23H28F3N5O. The van der Waals surface area contributed by atoms with Gasteiger partial charge in [0.15, 0.2) is 5.96 Å². The first kappa shape index (κ1) is 22.3. The molecule has 2 aromatic rings. The molecule has 2 fully saturated rings. The quantitative estimate of drug-likeness (QED) is 0.495. The van der Waals surface area contributed by atoms with E-state index in [1.165, 1.54) is 49.3 Å². The van der Waals surface area contributed by atoms with Gasteiger partial charge in [-0.1, -0.05) is 12.1 Å². The third kappa shape index (κ3) is 6.78. The van der Waals surface area contributed by atoms with E-state index in [4.69, 9.17) is 5.73 Å². The number of benzene rings is 2. The van der Waals surface area contributed by atoms with Crippen LogP contribution in [0.4, 0.5) is 24.5 Å². The molecule has 1 saturated heterocycles. The van der Waals surface area contributed by atoms with E-state index < -0.39 is 6.36 Å². The van der Waals surface area contributed by atoms with Crippen LogP contribution < -0.4 is 20.7 Å². The van der Waals surface area contributed by atoms with Gasteiger partial charge in [0.25, 0.3) is 0 Å². The van der Waals surface area contributed by atoms with E-state index in [2.05, 4.69) is 37.0 Å². The zero-order chi connectivity index (χ0) is 22.6. The lowest BCUT2D eigenvalue weighted by molar-refractivity contribution is -0.274. The van der Waals surface area contributed by atoms with E-state index in [1.54, 1.807) is 0 Å². The Bertz CT molecular complexity index is 903. The summed E-state index contributed by atoms with van der Waals surface area (Å²) >= 11 is 0. The Balaban J connectivity index is 1.24. The molecule has 1 aliphatic heterocycles. The first-order valence-electron chi connectivity index (χ1n) is 10.8. The molecule has 0 radical (unpaired) electrons. The molecule has 0 aromatic heterocycles. The Morgan fingerprint density at radius 1 is 1.00 bits per heavy atom. The van der Waals surface area contributed by atoms with E-state index >= 15 is 0 Å². The Hall–Kier alpha value is -2.94. The maximum atomic E-state index is 12.2. The number of rotatable bonds is 7. The van der Waals surface area contributed by atoms with Gasteiger partial charge in [-0.2, -0.15) is 0 Å². The molecule has 1 heterocycles. The highest BCUT2D eigenvalue weighted by Gasteiger charge is 2.31. The van der Waals surface area contributed by atoms with Crippen molar-refractivity contribution in [2.24, 2.45) is 16.6 Å². The van der Waals surface area contributed by atoms with Gasteiger partial charge in [0.1, 0.15) is 5.75 Å². The van der Waals surface area contributed by atoms with Crippen LogP contribution in [0.1, 0.15) is 18.4 Å². The summed E-state index contributed by atoms with van der Waals surface area (Å²) in [6.07, 6.45) is -1.92. The minimum atomic E-state index is -4.71. The summed E-state index contributed by atoms with van der Waals surface area (Å²) in [4.78, 5) is 9.30. The van der Waals surface area contributed by atoms with Crippen LogP contribution in [-0.2, 0) is 6.54 Å². The van der Waals surface area contributed by atoms with Gasteiger partial charge < -0.3 is 20.7 Å². The molecule has 0 spiro atoms. The molecule has 9 heteroatoms. The molecule has 32 heavy (non-hydrogen) atoms. The maximum Gasteiger partial charge on any atom is 0.573 e. The van der Waals surface area contributed by atoms with Crippen molar-refractivity contribution >= 4 is 17.3 Å². The molecule has 0 amide bonds. The number of anilines is 2. The Kier molecular flexibility index (Phi) is 6.74. The first-order valence-corrected chi connectivity index (χ1v) is 10.8. The number of nitrogens with zero attached hydrogens (tertiary/aromatic N) is 3. The van der Waals surface area contributed by atoms with Crippen LogP contribution in [0.5, 0.6) is 5.75 Å². The van der Waals surface area contributed by atoms with Crippen LogP contribution in [0, 0.1) is 5.92 Å². The Labute approximate surface area is 185 Å². The number of alkyl halides is 3. The minimum absolute atomic E-state index is 0.186. The second-order valence-electron chi connectivity index (χ2n) is 8.30. The number of piperazine rings is 1. The molecule has 3 N–H and O–H groups in total. The molecule has 1 saturated carbocycles. The van der Waals surface area contributed by atoms with Gasteiger partial charge in [0, 0.05) is 44.1 Å². The fourth-order valence-corrected chi connectivity index (χ4v) is 3.77. The normalized spacial score (nSPS) is 18.0. The highest BCUT2D eigenvalue weighted by molar-refractivity contribution is 5.92. The number of halogens is 3. The fourth-order valence-electron chi connectivity index (χ4n) is 3.77. The summed E-state index contributed by atoms with van der Waals surface area (Å²) in [5.74, 6) is 0.833. The highest BCUT2D eigenvalue weighted by Crippen LogP contribution is 2.30. The summed E-state index contributed by atoms with van der Waals surface area (Å²) in [7, 11) is 0. The maximum absolute atomic E-state index is 12.2. The molecule has 0 atom stereocenters. The third-order valence-corrected chi connectivity index (χ3v) is 5.68. The second kappa shape index (κ2) is 9.68. The zero-order valence-electron chi connectivity index (χ0n) is 17.8. The molecule has 0 unspecified atom stereocenters. The van der Waals surface area contributed by atoms with Crippen molar-refractivity contribution in [2.75, 3.05) is 42.9 Å². The van der Waals surface area contributed by atoms with Gasteiger partial charge in [0.05, 0.1) is 6.54 Å². The lowest BCUT2D eigenvalue weighted by Crippen LogP contribution is -2.47. The van der Waals surface area contributed by atoms with Crippen molar-refractivity contribution in [3.8, 4) is 5.75 Å². The van der Waals surface area contributed by atoms with Gasteiger partial charge in [-0.05, 0) is 60.7 Å². The molecular weight excluding hydrogens is 419 g/mol. The number of nitrogens with two attached hydrogens (primary N) is 1. The van der Waals surface area contributed by atoms with E-state index in [1.807, 2.05) is 12.1 Å². The lowest BCUT2D eigenvalue weighted by Gasteiger charge is -2.36. The van der Waals surface area contributed by atoms with Crippen LogP contribution in [0.15, 0.2) is 53.5 Å². The number of nitrogens with one attached hydrogen (secondary N) is 1. The van der Waals surface area contributed by atoms with Crippen LogP contribution in [-0.4, -0.2) is 49.9 Å². The first-order chi connectivity index (χ1) is 15.3. The SMILES string of the molecule is NC(=NCc1ccc(N2CCN(CC3CC3)CC2)cc1)Nc1ccc(OC(F)(F)F)cc1. The monoisotopic (exact) mass is 447 g/mol. The third-order valence-electron chi connectivity index (χ3n) is 5.68. The Morgan fingerprint density at radius 2 is 1.66 bits per heavy atom. The number of ether oxygens (including phenoxy) is 1. The molecule has 2 aliphatic rings. The van der Waals surface area contributed by atoms with E-state index in [0.29, 0.717) is 12.2 Å².